The van der Waals surface area contributed by atoms with Gasteiger partial charge in [-0.1, -0.05) is 103 Å². The molecule has 0 spiro atoms. The number of esters is 2. The minimum atomic E-state index is -1.18. The fourth-order valence-corrected chi connectivity index (χ4v) is 15.2. The van der Waals surface area contributed by atoms with Gasteiger partial charge in [-0.15, -0.1) is 0 Å². The molecule has 5 rings (SSSR count). The molecule has 0 aromatic carbocycles. The quantitative estimate of drug-likeness (QED) is 0.0527. The van der Waals surface area contributed by atoms with Gasteiger partial charge in [0.2, 0.25) is 0 Å². The van der Waals surface area contributed by atoms with E-state index in [1.54, 1.807) is 61.4 Å². The van der Waals surface area contributed by atoms with Gasteiger partial charge in [0.05, 0.1) is 122 Å². The van der Waals surface area contributed by atoms with Gasteiger partial charge < -0.3 is 88.2 Å². The molecule has 5 aliphatic heterocycles. The van der Waals surface area contributed by atoms with Gasteiger partial charge in [-0.05, 0) is 129 Å². The summed E-state index contributed by atoms with van der Waals surface area (Å²) in [6.07, 6.45) is 10.3. The zero-order valence-corrected chi connectivity index (χ0v) is 61.1. The van der Waals surface area contributed by atoms with Crippen LogP contribution in [0.2, 0.25) is 0 Å². The van der Waals surface area contributed by atoms with Crippen LogP contribution in [0.15, 0.2) is 59.8 Å². The third-order valence-electron chi connectivity index (χ3n) is 22.1. The first-order valence-corrected chi connectivity index (χ1v) is 36.4. The number of aliphatic hydroxyl groups excluding tert-OH is 8. The summed E-state index contributed by atoms with van der Waals surface area (Å²) in [5.74, 6) is -5.57. The molecular formula is C76H130O20. The van der Waals surface area contributed by atoms with E-state index in [4.69, 9.17) is 47.4 Å². The normalized spacial score (nSPS) is 41.2. The van der Waals surface area contributed by atoms with Crippen LogP contribution in [0.4, 0.5) is 0 Å². The van der Waals surface area contributed by atoms with Gasteiger partial charge in [0.25, 0.3) is 0 Å². The Morgan fingerprint density at radius 2 is 0.885 bits per heavy atom. The van der Waals surface area contributed by atoms with Crippen molar-refractivity contribution in [1.82, 2.24) is 0 Å². The van der Waals surface area contributed by atoms with E-state index in [1.165, 1.54) is 6.08 Å². The van der Waals surface area contributed by atoms with E-state index in [0.717, 1.165) is 25.7 Å². The van der Waals surface area contributed by atoms with Gasteiger partial charge in [0, 0.05) is 101 Å². The van der Waals surface area contributed by atoms with Gasteiger partial charge in [-0.2, -0.15) is 0 Å². The summed E-state index contributed by atoms with van der Waals surface area (Å²) in [6, 6.07) is 0. The second-order valence-electron chi connectivity index (χ2n) is 29.9. The smallest absolute Gasteiger partial charge is 0.333 e. The molecule has 30 atom stereocenters. The minimum Gasteiger partial charge on any atom is -0.458 e. The Morgan fingerprint density at radius 1 is 0.479 bits per heavy atom. The number of rotatable bonds is 16. The molecule has 2 saturated heterocycles. The average Bonchev–Trinajstić information content (AvgIpc) is 0.856. The molecule has 8 N–H and O–H groups in total. The number of aliphatic hydroxyl groups is 8. The van der Waals surface area contributed by atoms with E-state index < -0.39 is 133 Å². The molecule has 5 aliphatic rings. The highest BCUT2D eigenvalue weighted by molar-refractivity contribution is 5.87. The van der Waals surface area contributed by atoms with Crippen LogP contribution in [-0.2, 0) is 57.0 Å². The van der Waals surface area contributed by atoms with Crippen LogP contribution in [0, 0.1) is 47.3 Å². The number of fused-ring (bicyclic) bond motifs is 4. The van der Waals surface area contributed by atoms with Gasteiger partial charge in [-0.25, -0.2) is 9.59 Å². The maximum Gasteiger partial charge on any atom is 0.333 e. The fraction of sp³-hybridized carbons (Fsp3) is 0.842. The first kappa shape index (κ1) is 83.7. The number of cyclic esters (lactones) is 2. The Hall–Kier alpha value is -3.00. The molecule has 0 radical (unpaired) electrons. The SMILES string of the molecule is CO[C@H]1C[C@H](CC[C@H](C)[C@H](O)[C@H](C)[C@H]2OC(=O)/C=C/C(C)=C/C[C@H](O)C[C@@H]3C=CC[C@@H](C[C@H](OC)[C@@H](C)[C@@H](O)C[C@@H](O)C(C)[C@@H]([C@@H](C)[C@@H](O)[C@@H](C)CC[C@H]4C[C@H](OC)C[C@H](C)O4)OC(=O)/C(C)=C/C[C@H](O)C[C@@H]4C=CC[C@@H](C[C@H](OC)[C@@H](C)[C@@H](O)C[C@@H](O)[C@@H]2C)O4)O3)O[C@@H](C)C1. The minimum absolute atomic E-state index is 0.0306. The van der Waals surface area contributed by atoms with Crippen molar-refractivity contribution < 1.29 is 97.8 Å². The molecule has 0 aromatic heterocycles. The Balaban J connectivity index is 1.37. The molecule has 0 amide bonds. The Kier molecular flexibility index (Phi) is 36.4. The molecule has 1 unspecified atom stereocenters. The molecule has 4 bridgehead atoms. The van der Waals surface area contributed by atoms with Crippen LogP contribution in [-0.4, -0.2) is 216 Å². The van der Waals surface area contributed by atoms with E-state index in [1.807, 2.05) is 92.7 Å². The van der Waals surface area contributed by atoms with Gasteiger partial charge in [0.1, 0.15) is 12.2 Å². The zero-order chi connectivity index (χ0) is 71.1. The Morgan fingerprint density at radius 3 is 1.30 bits per heavy atom. The molecule has 20 heteroatoms. The topological polar surface area (TPSA) is 288 Å². The predicted octanol–water partition coefficient (Wildman–Crippen LogP) is 9.55. The second-order valence-corrected chi connectivity index (χ2v) is 29.9. The van der Waals surface area contributed by atoms with Crippen LogP contribution >= 0.6 is 0 Å². The average molecular weight is 1360 g/mol. The van der Waals surface area contributed by atoms with Gasteiger partial charge in [0.15, 0.2) is 0 Å². The van der Waals surface area contributed by atoms with Crippen molar-refractivity contribution in [3.63, 3.8) is 0 Å². The fourth-order valence-electron chi connectivity index (χ4n) is 15.2. The van der Waals surface area contributed by atoms with Crippen LogP contribution in [0.1, 0.15) is 199 Å². The van der Waals surface area contributed by atoms with E-state index in [-0.39, 0.29) is 105 Å². The number of allylic oxidation sites excluding steroid dienone is 2. The van der Waals surface area contributed by atoms with E-state index in [9.17, 15) is 50.4 Å². The molecule has 20 nitrogen and oxygen atoms in total. The molecule has 0 saturated carbocycles. The summed E-state index contributed by atoms with van der Waals surface area (Å²) in [7, 11) is 6.57. The molecule has 554 valence electrons. The largest absolute Gasteiger partial charge is 0.458 e. The third-order valence-corrected chi connectivity index (χ3v) is 22.1. The number of methoxy groups -OCH3 is 4. The predicted molar refractivity (Wildman–Crippen MR) is 368 cm³/mol. The number of ether oxygens (including phenoxy) is 10. The molecule has 5 heterocycles. The zero-order valence-electron chi connectivity index (χ0n) is 61.1. The molecule has 0 aliphatic carbocycles. The standard InChI is InChI=1S/C76H130O20/c1-43-23-28-55(77)35-57-19-17-21-59(93-57)39-70(90-16)50(8)66(80)42-68(82)52(10)75(54(12)73(85)45(3)27-31-62-38-64(88-14)34-48(6)92-62)96-76(86)46(4)25-29-56(78)36-58-20-18-22-60(94-58)40-69(89-15)49(7)65(79)41-67(81)51(9)74(95-71(83)32-24-43)53(11)72(84)44(2)26-30-61-37-63(87-13)33-47(5)91-61/h17-20,23-25,32,44-45,47-70,72-75,77-82,84-85H,21-22,26-31,33-42H2,1-16H3/b32-24+,43-23+,46-25+/t44-,45-,47-,48-,49-,50-,51-,52?,53-,54-,55-,56-,57-,58-,59-,60-,61-,62-,63+,64+,65-,66-,67+,68+,69-,70-,72-,73-,74-,75-/m0/s1. The van der Waals surface area contributed by atoms with E-state index in [2.05, 4.69) is 0 Å². The maximum atomic E-state index is 14.2. The lowest BCUT2D eigenvalue weighted by Gasteiger charge is -2.38. The number of hydrogen-bond donors (Lipinski definition) is 8. The lowest BCUT2D eigenvalue weighted by molar-refractivity contribution is -0.159. The number of carbonyl (C=O) groups is 2. The van der Waals surface area contributed by atoms with Crippen molar-refractivity contribution in [3.8, 4) is 0 Å². The van der Waals surface area contributed by atoms with Crippen molar-refractivity contribution >= 4 is 11.9 Å². The summed E-state index contributed by atoms with van der Waals surface area (Å²) < 4.78 is 61.4. The van der Waals surface area contributed by atoms with Crippen molar-refractivity contribution in [2.24, 2.45) is 47.3 Å². The van der Waals surface area contributed by atoms with Gasteiger partial charge >= 0.3 is 11.9 Å². The third kappa shape index (κ3) is 26.7. The highest BCUT2D eigenvalue weighted by Gasteiger charge is 2.43. The highest BCUT2D eigenvalue weighted by Crippen LogP contribution is 2.37. The van der Waals surface area contributed by atoms with Crippen LogP contribution in [0.25, 0.3) is 0 Å². The van der Waals surface area contributed by atoms with Crippen molar-refractivity contribution in [2.45, 2.75) is 333 Å². The van der Waals surface area contributed by atoms with Crippen molar-refractivity contribution in [2.75, 3.05) is 28.4 Å². The lowest BCUT2D eigenvalue weighted by Crippen LogP contribution is -2.46. The summed E-state index contributed by atoms with van der Waals surface area (Å²) >= 11 is 0. The first-order chi connectivity index (χ1) is 45.4. The van der Waals surface area contributed by atoms with E-state index in [0.29, 0.717) is 56.9 Å². The molecular weight excluding hydrogens is 1230 g/mol. The van der Waals surface area contributed by atoms with Crippen molar-refractivity contribution in [1.29, 1.82) is 0 Å². The van der Waals surface area contributed by atoms with Crippen LogP contribution in [0.5, 0.6) is 0 Å². The maximum absolute atomic E-state index is 14.2. The van der Waals surface area contributed by atoms with Crippen LogP contribution < -0.4 is 0 Å². The second kappa shape index (κ2) is 41.8. The number of carbonyl (C=O) groups excluding carboxylic acids is 2. The first-order valence-electron chi connectivity index (χ1n) is 36.4. The van der Waals surface area contributed by atoms with E-state index >= 15 is 0 Å². The summed E-state index contributed by atoms with van der Waals surface area (Å²) in [4.78, 5) is 28.1. The number of hydrogen-bond acceptors (Lipinski definition) is 20. The van der Waals surface area contributed by atoms with Crippen LogP contribution in [0.3, 0.4) is 0 Å². The summed E-state index contributed by atoms with van der Waals surface area (Å²) in [6.45, 7) is 22.3. The van der Waals surface area contributed by atoms with Gasteiger partial charge in [-0.3, -0.25) is 0 Å². The molecule has 96 heavy (non-hydrogen) atoms. The Labute approximate surface area is 575 Å². The summed E-state index contributed by atoms with van der Waals surface area (Å²) in [5.41, 5.74) is 0.927. The Bertz CT molecular complexity index is 2400. The monoisotopic (exact) mass is 1360 g/mol. The van der Waals surface area contributed by atoms with Crippen molar-refractivity contribution in [3.05, 3.63) is 59.8 Å². The highest BCUT2D eigenvalue weighted by atomic mass is 16.6. The summed E-state index contributed by atoms with van der Waals surface area (Å²) in [5, 5.41) is 94.6. The molecule has 2 fully saturated rings. The molecule has 0 aromatic rings. The lowest BCUT2D eigenvalue weighted by atomic mass is 9.78.